The van der Waals surface area contributed by atoms with Crippen LogP contribution in [0.4, 0.5) is 0 Å². The molecular weight excluding hydrogens is 378 g/mol. The van der Waals surface area contributed by atoms with E-state index in [0.29, 0.717) is 38.1 Å². The summed E-state index contributed by atoms with van der Waals surface area (Å²) in [6.45, 7) is 4.85. The second kappa shape index (κ2) is 12.3. The van der Waals surface area contributed by atoms with E-state index in [1.165, 1.54) is 5.56 Å². The molecule has 2 rings (SSSR count). The average Bonchev–Trinajstić information content (AvgIpc) is 2.70. The number of rotatable bonds is 11. The van der Waals surface area contributed by atoms with Crippen LogP contribution in [0.5, 0.6) is 0 Å². The lowest BCUT2D eigenvalue weighted by Crippen LogP contribution is -2.42. The van der Waals surface area contributed by atoms with Gasteiger partial charge in [0.2, 0.25) is 5.91 Å². The number of carbonyl (C=O) groups excluding carboxylic acids is 1. The summed E-state index contributed by atoms with van der Waals surface area (Å²) < 4.78 is 0. The van der Waals surface area contributed by atoms with Crippen LogP contribution in [0.1, 0.15) is 69.4 Å². The standard InChI is InChI=1S/C25H35NO4/c1-19(2)21-13-11-20(12-14-21)18-23(27)16-15-22-8-7-9-24(28)26(22)17-6-4-3-5-10-25(29)30/h4,6,11-16,19,22-23,27H,3,5,7-10,17-18H2,1-2H3,(H,29,30)/b6-4-,16-15+/t22-,23?/m1/s1. The Hall–Kier alpha value is -2.40. The minimum absolute atomic E-state index is 0.00659. The Balaban J connectivity index is 1.87. The first-order valence-electron chi connectivity index (χ1n) is 11.0. The van der Waals surface area contributed by atoms with Gasteiger partial charge >= 0.3 is 5.97 Å². The lowest BCUT2D eigenvalue weighted by atomic mass is 9.98. The van der Waals surface area contributed by atoms with Crippen LogP contribution < -0.4 is 0 Å². The molecule has 1 aliphatic heterocycles. The van der Waals surface area contributed by atoms with Gasteiger partial charge in [0.15, 0.2) is 0 Å². The molecule has 0 bridgehead atoms. The summed E-state index contributed by atoms with van der Waals surface area (Å²) in [6, 6.07) is 8.35. The van der Waals surface area contributed by atoms with Gasteiger partial charge in [0.25, 0.3) is 0 Å². The third-order valence-corrected chi connectivity index (χ3v) is 5.49. The van der Waals surface area contributed by atoms with Crippen molar-refractivity contribution in [3.05, 3.63) is 59.7 Å². The van der Waals surface area contributed by atoms with Crippen molar-refractivity contribution in [3.8, 4) is 0 Å². The second-order valence-electron chi connectivity index (χ2n) is 8.32. The van der Waals surface area contributed by atoms with E-state index in [-0.39, 0.29) is 18.4 Å². The maximum absolute atomic E-state index is 12.4. The van der Waals surface area contributed by atoms with Crippen LogP contribution in [0.15, 0.2) is 48.6 Å². The SMILES string of the molecule is CC(C)c1ccc(CC(O)/C=C/[C@H]2CCCC(=O)N2C/C=C\CCCC(=O)O)cc1. The molecular formula is C25H35NO4. The summed E-state index contributed by atoms with van der Waals surface area (Å²) in [5.74, 6) is -0.163. The topological polar surface area (TPSA) is 77.8 Å². The molecule has 1 saturated heterocycles. The number of aliphatic carboxylic acids is 1. The van der Waals surface area contributed by atoms with Crippen LogP contribution in [0, 0.1) is 0 Å². The van der Waals surface area contributed by atoms with Crippen LogP contribution in [-0.4, -0.2) is 45.7 Å². The number of hydrogen-bond acceptors (Lipinski definition) is 3. The van der Waals surface area contributed by atoms with Crippen LogP contribution in [0.2, 0.25) is 0 Å². The van der Waals surface area contributed by atoms with E-state index in [2.05, 4.69) is 38.1 Å². The van der Waals surface area contributed by atoms with Crippen molar-refractivity contribution >= 4 is 11.9 Å². The molecule has 1 heterocycles. The van der Waals surface area contributed by atoms with E-state index in [9.17, 15) is 14.7 Å². The molecule has 5 heteroatoms. The molecule has 1 amide bonds. The molecule has 30 heavy (non-hydrogen) atoms. The zero-order chi connectivity index (χ0) is 21.9. The Bertz CT molecular complexity index is 736. The third kappa shape index (κ3) is 8.15. The number of unbranched alkanes of at least 4 members (excludes halogenated alkanes) is 1. The number of carboxylic acids is 1. The van der Waals surface area contributed by atoms with E-state index in [1.807, 2.05) is 29.2 Å². The van der Waals surface area contributed by atoms with Crippen molar-refractivity contribution in [3.63, 3.8) is 0 Å². The maximum Gasteiger partial charge on any atom is 0.303 e. The number of aliphatic hydroxyl groups is 1. The van der Waals surface area contributed by atoms with Crippen molar-refractivity contribution in [2.75, 3.05) is 6.54 Å². The van der Waals surface area contributed by atoms with Crippen LogP contribution in [-0.2, 0) is 16.0 Å². The molecule has 1 unspecified atom stereocenters. The number of hydrogen-bond donors (Lipinski definition) is 2. The fourth-order valence-corrected chi connectivity index (χ4v) is 3.67. The van der Waals surface area contributed by atoms with Gasteiger partial charge in [-0.05, 0) is 42.7 Å². The van der Waals surface area contributed by atoms with Crippen molar-refractivity contribution in [2.45, 2.75) is 76.9 Å². The highest BCUT2D eigenvalue weighted by Gasteiger charge is 2.25. The van der Waals surface area contributed by atoms with E-state index in [0.717, 1.165) is 18.4 Å². The minimum Gasteiger partial charge on any atom is -0.481 e. The largest absolute Gasteiger partial charge is 0.481 e. The van der Waals surface area contributed by atoms with Gasteiger partial charge in [-0.3, -0.25) is 9.59 Å². The Morgan fingerprint density at radius 1 is 1.23 bits per heavy atom. The molecule has 0 aromatic heterocycles. The molecule has 0 radical (unpaired) electrons. The molecule has 0 aliphatic carbocycles. The zero-order valence-corrected chi connectivity index (χ0v) is 18.2. The first-order chi connectivity index (χ1) is 14.4. The number of nitrogens with zero attached hydrogens (tertiary/aromatic N) is 1. The molecule has 2 N–H and O–H groups in total. The molecule has 5 nitrogen and oxygen atoms in total. The monoisotopic (exact) mass is 413 g/mol. The highest BCUT2D eigenvalue weighted by atomic mass is 16.4. The first kappa shape index (κ1) is 23.9. The van der Waals surface area contributed by atoms with Gasteiger partial charge in [-0.1, -0.05) is 62.4 Å². The second-order valence-corrected chi connectivity index (χ2v) is 8.32. The normalized spacial score (nSPS) is 18.6. The number of allylic oxidation sites excluding steroid dienone is 1. The van der Waals surface area contributed by atoms with E-state index in [1.54, 1.807) is 0 Å². The molecule has 164 valence electrons. The summed E-state index contributed by atoms with van der Waals surface area (Å²) >= 11 is 0. The summed E-state index contributed by atoms with van der Waals surface area (Å²) in [5, 5.41) is 19.1. The lowest BCUT2D eigenvalue weighted by Gasteiger charge is -2.33. The van der Waals surface area contributed by atoms with Crippen LogP contribution in [0.3, 0.4) is 0 Å². The predicted molar refractivity (Wildman–Crippen MR) is 119 cm³/mol. The fraction of sp³-hybridized carbons (Fsp3) is 0.520. The number of carbonyl (C=O) groups is 2. The summed E-state index contributed by atoms with van der Waals surface area (Å²) in [5.41, 5.74) is 2.38. The van der Waals surface area contributed by atoms with Gasteiger partial charge in [0, 0.05) is 25.8 Å². The van der Waals surface area contributed by atoms with Crippen molar-refractivity contribution in [1.29, 1.82) is 0 Å². The number of benzene rings is 1. The summed E-state index contributed by atoms with van der Waals surface area (Å²) in [4.78, 5) is 24.7. The Morgan fingerprint density at radius 3 is 2.63 bits per heavy atom. The smallest absolute Gasteiger partial charge is 0.303 e. The van der Waals surface area contributed by atoms with Crippen LogP contribution >= 0.6 is 0 Å². The zero-order valence-electron chi connectivity index (χ0n) is 18.2. The lowest BCUT2D eigenvalue weighted by molar-refractivity contribution is -0.137. The molecule has 2 atom stereocenters. The third-order valence-electron chi connectivity index (χ3n) is 5.49. The number of likely N-dealkylation sites (tertiary alicyclic amines) is 1. The summed E-state index contributed by atoms with van der Waals surface area (Å²) in [7, 11) is 0. The number of aliphatic hydroxyl groups excluding tert-OH is 1. The molecule has 0 saturated carbocycles. The van der Waals surface area contributed by atoms with Gasteiger partial charge in [-0.25, -0.2) is 0 Å². The number of carboxylic acid groups (broad SMARTS) is 1. The first-order valence-corrected chi connectivity index (χ1v) is 11.0. The Labute approximate surface area is 180 Å². The van der Waals surface area contributed by atoms with E-state index in [4.69, 9.17) is 5.11 Å². The number of piperidine rings is 1. The fourth-order valence-electron chi connectivity index (χ4n) is 3.67. The van der Waals surface area contributed by atoms with Gasteiger partial charge < -0.3 is 15.1 Å². The van der Waals surface area contributed by atoms with Crippen molar-refractivity contribution in [2.24, 2.45) is 0 Å². The molecule has 0 spiro atoms. The van der Waals surface area contributed by atoms with Gasteiger partial charge in [-0.15, -0.1) is 0 Å². The molecule has 1 aliphatic rings. The molecule has 1 fully saturated rings. The van der Waals surface area contributed by atoms with E-state index >= 15 is 0 Å². The Kier molecular flexibility index (Phi) is 9.81. The maximum atomic E-state index is 12.4. The predicted octanol–water partition coefficient (Wildman–Crippen LogP) is 4.46. The Morgan fingerprint density at radius 2 is 1.97 bits per heavy atom. The average molecular weight is 414 g/mol. The van der Waals surface area contributed by atoms with Crippen molar-refractivity contribution < 1.29 is 19.8 Å². The molecule has 1 aromatic rings. The highest BCUT2D eigenvalue weighted by molar-refractivity contribution is 5.77. The van der Waals surface area contributed by atoms with Gasteiger partial charge in [0.1, 0.15) is 0 Å². The quantitative estimate of drug-likeness (QED) is 0.415. The van der Waals surface area contributed by atoms with Gasteiger partial charge in [0.05, 0.1) is 12.1 Å². The minimum atomic E-state index is -0.783. The number of amides is 1. The summed E-state index contributed by atoms with van der Waals surface area (Å²) in [6.07, 6.45) is 11.4. The van der Waals surface area contributed by atoms with Crippen molar-refractivity contribution in [1.82, 2.24) is 4.90 Å². The van der Waals surface area contributed by atoms with Gasteiger partial charge in [-0.2, -0.15) is 0 Å². The highest BCUT2D eigenvalue weighted by Crippen LogP contribution is 2.20. The van der Waals surface area contributed by atoms with E-state index < -0.39 is 12.1 Å². The molecule has 1 aromatic carbocycles. The van der Waals surface area contributed by atoms with Crippen LogP contribution in [0.25, 0.3) is 0 Å².